The molecule has 4 rings (SSSR count). The fourth-order valence-corrected chi connectivity index (χ4v) is 3.30. The molecule has 1 aromatic carbocycles. The van der Waals surface area contributed by atoms with Crippen molar-refractivity contribution in [2.24, 2.45) is 13.0 Å². The van der Waals surface area contributed by atoms with Crippen LogP contribution in [0.1, 0.15) is 29.3 Å². The summed E-state index contributed by atoms with van der Waals surface area (Å²) in [4.78, 5) is 12.4. The number of aromatic nitrogens is 1. The highest BCUT2D eigenvalue weighted by Crippen LogP contribution is 2.49. The largest absolute Gasteiger partial charge is 0.486 e. The standard InChI is InChI=1S/C19H22N2O3/c1-12-3-5-14(21(12)2)11-20-19(22)16-10-15(16)13-4-6-17-18(9-13)24-8-7-23-17/h3-6,9,15-16H,7-8,10-11H2,1-2H3,(H,20,22)/t15-,16+/m1/s1. The molecule has 2 heterocycles. The molecule has 2 aliphatic rings. The van der Waals surface area contributed by atoms with E-state index in [9.17, 15) is 4.79 Å². The Morgan fingerprint density at radius 1 is 1.21 bits per heavy atom. The third kappa shape index (κ3) is 2.75. The highest BCUT2D eigenvalue weighted by Gasteiger charge is 2.44. The Morgan fingerprint density at radius 2 is 2.00 bits per heavy atom. The van der Waals surface area contributed by atoms with E-state index in [2.05, 4.69) is 28.9 Å². The third-order valence-electron chi connectivity index (χ3n) is 5.04. The summed E-state index contributed by atoms with van der Waals surface area (Å²) in [6.45, 7) is 3.82. The molecule has 5 heteroatoms. The van der Waals surface area contributed by atoms with Crippen LogP contribution in [0.5, 0.6) is 11.5 Å². The molecule has 1 aliphatic carbocycles. The normalized spacial score (nSPS) is 21.4. The summed E-state index contributed by atoms with van der Waals surface area (Å²) in [5, 5.41) is 3.06. The second-order valence-electron chi connectivity index (χ2n) is 6.59. The second kappa shape index (κ2) is 5.89. The van der Waals surface area contributed by atoms with E-state index in [0.29, 0.717) is 19.8 Å². The zero-order valence-electron chi connectivity index (χ0n) is 14.0. The molecule has 1 N–H and O–H groups in total. The molecule has 0 bridgehead atoms. The predicted octanol–water partition coefficient (Wildman–Crippen LogP) is 2.52. The molecule has 0 saturated heterocycles. The Morgan fingerprint density at radius 3 is 2.75 bits per heavy atom. The fraction of sp³-hybridized carbons (Fsp3) is 0.421. The first-order valence-corrected chi connectivity index (χ1v) is 8.42. The molecule has 2 aromatic rings. The van der Waals surface area contributed by atoms with Crippen LogP contribution in [-0.2, 0) is 18.4 Å². The molecule has 126 valence electrons. The zero-order chi connectivity index (χ0) is 16.7. The van der Waals surface area contributed by atoms with Crippen molar-refractivity contribution in [3.05, 3.63) is 47.3 Å². The van der Waals surface area contributed by atoms with Gasteiger partial charge in [-0.2, -0.15) is 0 Å². The molecule has 0 radical (unpaired) electrons. The highest BCUT2D eigenvalue weighted by molar-refractivity contribution is 5.82. The molecule has 5 nitrogen and oxygen atoms in total. The second-order valence-corrected chi connectivity index (χ2v) is 6.59. The third-order valence-corrected chi connectivity index (χ3v) is 5.04. The monoisotopic (exact) mass is 326 g/mol. The number of hydrogen-bond acceptors (Lipinski definition) is 3. The van der Waals surface area contributed by atoms with Crippen LogP contribution in [0.15, 0.2) is 30.3 Å². The van der Waals surface area contributed by atoms with Crippen molar-refractivity contribution >= 4 is 5.91 Å². The van der Waals surface area contributed by atoms with E-state index >= 15 is 0 Å². The molecule has 2 atom stereocenters. The van der Waals surface area contributed by atoms with Crippen molar-refractivity contribution in [3.63, 3.8) is 0 Å². The lowest BCUT2D eigenvalue weighted by Gasteiger charge is -2.18. The molecule has 0 unspecified atom stereocenters. The van der Waals surface area contributed by atoms with Crippen molar-refractivity contribution < 1.29 is 14.3 Å². The van der Waals surface area contributed by atoms with E-state index in [1.807, 2.05) is 25.2 Å². The Kier molecular flexibility index (Phi) is 3.71. The van der Waals surface area contributed by atoms with Crippen LogP contribution in [0.4, 0.5) is 0 Å². The minimum absolute atomic E-state index is 0.0638. The van der Waals surface area contributed by atoms with Crippen LogP contribution < -0.4 is 14.8 Å². The molecule has 0 spiro atoms. The van der Waals surface area contributed by atoms with Crippen molar-refractivity contribution in [1.82, 2.24) is 9.88 Å². The van der Waals surface area contributed by atoms with Crippen molar-refractivity contribution in [2.75, 3.05) is 13.2 Å². The van der Waals surface area contributed by atoms with Crippen molar-refractivity contribution in [2.45, 2.75) is 25.8 Å². The van der Waals surface area contributed by atoms with Gasteiger partial charge in [-0.15, -0.1) is 0 Å². The van der Waals surface area contributed by atoms with Gasteiger partial charge in [-0.25, -0.2) is 0 Å². The number of nitrogens with one attached hydrogen (secondary N) is 1. The lowest BCUT2D eigenvalue weighted by Crippen LogP contribution is -2.26. The van der Waals surface area contributed by atoms with Gasteiger partial charge in [0, 0.05) is 24.4 Å². The predicted molar refractivity (Wildman–Crippen MR) is 90.3 cm³/mol. The van der Waals surface area contributed by atoms with E-state index in [-0.39, 0.29) is 17.7 Å². The number of ether oxygens (including phenoxy) is 2. The average Bonchev–Trinajstić information content (AvgIpc) is 3.35. The molecule has 1 aliphatic heterocycles. The van der Waals surface area contributed by atoms with E-state index in [1.54, 1.807) is 0 Å². The van der Waals surface area contributed by atoms with Gasteiger partial charge in [0.1, 0.15) is 13.2 Å². The zero-order valence-corrected chi connectivity index (χ0v) is 14.0. The lowest BCUT2D eigenvalue weighted by atomic mass is 10.1. The Balaban J connectivity index is 1.37. The van der Waals surface area contributed by atoms with Gasteiger partial charge >= 0.3 is 0 Å². The number of amides is 1. The van der Waals surface area contributed by atoms with E-state index in [4.69, 9.17) is 9.47 Å². The van der Waals surface area contributed by atoms with Crippen LogP contribution in [0.2, 0.25) is 0 Å². The maximum Gasteiger partial charge on any atom is 0.224 e. The molecule has 1 aromatic heterocycles. The van der Waals surface area contributed by atoms with Gasteiger partial charge in [0.2, 0.25) is 5.91 Å². The Hall–Kier alpha value is -2.43. The Bertz CT molecular complexity index is 781. The summed E-state index contributed by atoms with van der Waals surface area (Å²) >= 11 is 0. The van der Waals surface area contributed by atoms with Crippen LogP contribution in [0.3, 0.4) is 0 Å². The van der Waals surface area contributed by atoms with E-state index in [1.165, 1.54) is 5.69 Å². The summed E-state index contributed by atoms with van der Waals surface area (Å²) in [6, 6.07) is 10.1. The molecule has 24 heavy (non-hydrogen) atoms. The number of nitrogens with zero attached hydrogens (tertiary/aromatic N) is 1. The first-order chi connectivity index (χ1) is 11.6. The Labute approximate surface area is 141 Å². The number of carbonyl (C=O) groups excluding carboxylic acids is 1. The molecule has 1 fully saturated rings. The van der Waals surface area contributed by atoms with Gasteiger partial charge in [-0.3, -0.25) is 4.79 Å². The molecule has 1 amide bonds. The molecular weight excluding hydrogens is 304 g/mol. The van der Waals surface area contributed by atoms with Crippen LogP contribution in [0, 0.1) is 12.8 Å². The minimum Gasteiger partial charge on any atom is -0.486 e. The van der Waals surface area contributed by atoms with Gasteiger partial charge in [-0.1, -0.05) is 6.07 Å². The number of rotatable bonds is 4. The SMILES string of the molecule is Cc1ccc(CNC(=O)[C@H]2C[C@@H]2c2ccc3c(c2)OCCO3)n1C. The summed E-state index contributed by atoms with van der Waals surface area (Å²) in [6.07, 6.45) is 0.900. The van der Waals surface area contributed by atoms with E-state index < -0.39 is 0 Å². The van der Waals surface area contributed by atoms with E-state index in [0.717, 1.165) is 29.2 Å². The maximum atomic E-state index is 12.4. The molecule has 1 saturated carbocycles. The smallest absolute Gasteiger partial charge is 0.224 e. The summed E-state index contributed by atoms with van der Waals surface area (Å²) < 4.78 is 13.3. The summed E-state index contributed by atoms with van der Waals surface area (Å²) in [5.41, 5.74) is 3.48. The summed E-state index contributed by atoms with van der Waals surface area (Å²) in [5.74, 6) is 2.08. The quantitative estimate of drug-likeness (QED) is 0.939. The van der Waals surface area contributed by atoms with Crippen molar-refractivity contribution in [3.8, 4) is 11.5 Å². The first-order valence-electron chi connectivity index (χ1n) is 8.42. The van der Waals surface area contributed by atoms with Gasteiger partial charge < -0.3 is 19.4 Å². The minimum atomic E-state index is 0.0638. The molecular formula is C19H22N2O3. The number of carbonyl (C=O) groups is 1. The number of aryl methyl sites for hydroxylation is 1. The van der Waals surface area contributed by atoms with Gasteiger partial charge in [0.05, 0.1) is 6.54 Å². The van der Waals surface area contributed by atoms with Gasteiger partial charge in [-0.05, 0) is 49.1 Å². The average molecular weight is 326 g/mol. The van der Waals surface area contributed by atoms with Crippen LogP contribution in [0.25, 0.3) is 0 Å². The summed E-state index contributed by atoms with van der Waals surface area (Å²) in [7, 11) is 2.02. The number of fused-ring (bicyclic) bond motifs is 1. The fourth-order valence-electron chi connectivity index (χ4n) is 3.30. The number of benzene rings is 1. The maximum absolute atomic E-state index is 12.4. The van der Waals surface area contributed by atoms with Crippen molar-refractivity contribution in [1.29, 1.82) is 0 Å². The van der Waals surface area contributed by atoms with Gasteiger partial charge in [0.15, 0.2) is 11.5 Å². The highest BCUT2D eigenvalue weighted by atomic mass is 16.6. The first kappa shape index (κ1) is 15.1. The van der Waals surface area contributed by atoms with Crippen LogP contribution in [-0.4, -0.2) is 23.7 Å². The lowest BCUT2D eigenvalue weighted by molar-refractivity contribution is -0.122. The number of hydrogen-bond donors (Lipinski definition) is 1. The van der Waals surface area contributed by atoms with Gasteiger partial charge in [0.25, 0.3) is 0 Å². The van der Waals surface area contributed by atoms with Crippen LogP contribution >= 0.6 is 0 Å². The topological polar surface area (TPSA) is 52.5 Å².